The maximum absolute atomic E-state index is 12.2. The van der Waals surface area contributed by atoms with Gasteiger partial charge in [0, 0.05) is 17.0 Å². The first kappa shape index (κ1) is 17.8. The van der Waals surface area contributed by atoms with Gasteiger partial charge in [-0.25, -0.2) is 4.79 Å². The molecule has 1 heterocycles. The second-order valence-corrected chi connectivity index (χ2v) is 7.75. The Morgan fingerprint density at radius 2 is 1.52 bits per heavy atom. The van der Waals surface area contributed by atoms with Gasteiger partial charge in [-0.15, -0.1) is 0 Å². The Kier molecular flexibility index (Phi) is 4.33. The molecule has 0 aliphatic heterocycles. The average Bonchev–Trinajstić information content (AvgIpc) is 3.15. The predicted molar refractivity (Wildman–Crippen MR) is 109 cm³/mol. The quantitative estimate of drug-likeness (QED) is 0.585. The van der Waals surface area contributed by atoms with Gasteiger partial charge in [-0.05, 0) is 105 Å². The summed E-state index contributed by atoms with van der Waals surface area (Å²) in [7, 11) is 0. The summed E-state index contributed by atoms with van der Waals surface area (Å²) < 4.78 is 11.7. The van der Waals surface area contributed by atoms with Gasteiger partial charge in [0.25, 0.3) is 0 Å². The van der Waals surface area contributed by atoms with E-state index in [1.165, 1.54) is 33.4 Å². The largest absolute Gasteiger partial charge is 0.489 e. The first-order chi connectivity index (χ1) is 12.9. The maximum atomic E-state index is 12.2. The Hall–Kier alpha value is -2.55. The molecule has 0 radical (unpaired) electrons. The summed E-state index contributed by atoms with van der Waals surface area (Å²) in [6, 6.07) is 5.87. The van der Waals surface area contributed by atoms with Gasteiger partial charge in [0.05, 0.1) is 0 Å². The Bertz CT molecular complexity index is 1090. The molecular formula is C24H26O3. The third kappa shape index (κ3) is 2.86. The predicted octanol–water partition coefficient (Wildman–Crippen LogP) is 5.40. The highest BCUT2D eigenvalue weighted by Crippen LogP contribution is 2.31. The highest BCUT2D eigenvalue weighted by Gasteiger charge is 2.20. The van der Waals surface area contributed by atoms with E-state index >= 15 is 0 Å². The van der Waals surface area contributed by atoms with Gasteiger partial charge in [0.1, 0.15) is 17.9 Å². The van der Waals surface area contributed by atoms with E-state index in [0.717, 1.165) is 41.5 Å². The topological polar surface area (TPSA) is 39.4 Å². The van der Waals surface area contributed by atoms with Crippen LogP contribution in [-0.4, -0.2) is 0 Å². The van der Waals surface area contributed by atoms with Crippen molar-refractivity contribution in [3.05, 3.63) is 73.1 Å². The van der Waals surface area contributed by atoms with Crippen LogP contribution in [0.4, 0.5) is 0 Å². The summed E-state index contributed by atoms with van der Waals surface area (Å²) >= 11 is 0. The summed E-state index contributed by atoms with van der Waals surface area (Å²) in [5.74, 6) is 0.735. The van der Waals surface area contributed by atoms with Crippen LogP contribution < -0.4 is 10.4 Å². The lowest BCUT2D eigenvalue weighted by atomic mass is 9.90. The zero-order valence-corrected chi connectivity index (χ0v) is 16.8. The Morgan fingerprint density at radius 1 is 0.889 bits per heavy atom. The van der Waals surface area contributed by atoms with Crippen LogP contribution in [0.2, 0.25) is 0 Å². The molecular weight excluding hydrogens is 336 g/mol. The summed E-state index contributed by atoms with van der Waals surface area (Å²) in [4.78, 5) is 12.2. The number of aryl methyl sites for hydroxylation is 1. The van der Waals surface area contributed by atoms with Gasteiger partial charge < -0.3 is 9.15 Å². The summed E-state index contributed by atoms with van der Waals surface area (Å²) in [5, 5.41) is 1.05. The van der Waals surface area contributed by atoms with Crippen LogP contribution in [0.1, 0.15) is 50.9 Å². The zero-order chi connectivity index (χ0) is 19.3. The van der Waals surface area contributed by atoms with Crippen LogP contribution in [-0.2, 0) is 19.4 Å². The molecule has 0 saturated carbocycles. The molecule has 4 rings (SSSR count). The average molecular weight is 362 g/mol. The van der Waals surface area contributed by atoms with Crippen LogP contribution in [0.15, 0.2) is 27.4 Å². The third-order valence-electron chi connectivity index (χ3n) is 6.48. The van der Waals surface area contributed by atoms with Gasteiger partial charge in [0.15, 0.2) is 0 Å². The van der Waals surface area contributed by atoms with Gasteiger partial charge in [-0.1, -0.05) is 0 Å². The lowest BCUT2D eigenvalue weighted by molar-refractivity contribution is 0.304. The Balaban J connectivity index is 1.68. The second kappa shape index (κ2) is 6.56. The van der Waals surface area contributed by atoms with E-state index < -0.39 is 0 Å². The molecule has 0 spiro atoms. The molecule has 0 N–H and O–H groups in total. The van der Waals surface area contributed by atoms with Gasteiger partial charge in [-0.3, -0.25) is 0 Å². The van der Waals surface area contributed by atoms with E-state index in [4.69, 9.17) is 9.15 Å². The Labute approximate surface area is 160 Å². The molecule has 0 fully saturated rings. The highest BCUT2D eigenvalue weighted by molar-refractivity contribution is 5.83. The summed E-state index contributed by atoms with van der Waals surface area (Å²) in [5.41, 5.74) is 10.3. The molecule has 0 amide bonds. The van der Waals surface area contributed by atoms with Gasteiger partial charge in [0.2, 0.25) is 0 Å². The lowest BCUT2D eigenvalue weighted by Crippen LogP contribution is -2.08. The van der Waals surface area contributed by atoms with Crippen molar-refractivity contribution in [3.63, 3.8) is 0 Å². The fourth-order valence-corrected chi connectivity index (χ4v) is 4.30. The van der Waals surface area contributed by atoms with Gasteiger partial charge >= 0.3 is 5.63 Å². The monoisotopic (exact) mass is 362 g/mol. The van der Waals surface area contributed by atoms with Crippen LogP contribution in [0.25, 0.3) is 11.0 Å². The van der Waals surface area contributed by atoms with E-state index in [1.54, 1.807) is 0 Å². The molecule has 0 bridgehead atoms. The standard InChI is InChI=1S/C24H26O3/c1-13-14(2)16(4)22(17(5)15(13)3)12-26-18-9-10-20-19-7-6-8-21(19)24(25)27-23(20)11-18/h9-11H,6-8,12H2,1-5H3. The number of hydrogen-bond acceptors (Lipinski definition) is 3. The number of rotatable bonds is 3. The van der Waals surface area contributed by atoms with Crippen molar-refractivity contribution in [2.24, 2.45) is 0 Å². The third-order valence-corrected chi connectivity index (χ3v) is 6.48. The fraction of sp³-hybridized carbons (Fsp3) is 0.375. The van der Waals surface area contributed by atoms with E-state index in [1.807, 2.05) is 18.2 Å². The van der Waals surface area contributed by atoms with Crippen molar-refractivity contribution in [2.75, 3.05) is 0 Å². The molecule has 3 aromatic rings. The van der Waals surface area contributed by atoms with E-state index in [2.05, 4.69) is 34.6 Å². The zero-order valence-electron chi connectivity index (χ0n) is 16.8. The van der Waals surface area contributed by atoms with Crippen molar-refractivity contribution in [1.82, 2.24) is 0 Å². The van der Waals surface area contributed by atoms with Crippen molar-refractivity contribution in [2.45, 2.75) is 60.5 Å². The molecule has 0 unspecified atom stereocenters. The lowest BCUT2D eigenvalue weighted by Gasteiger charge is -2.19. The first-order valence-corrected chi connectivity index (χ1v) is 9.65. The number of hydrogen-bond donors (Lipinski definition) is 0. The van der Waals surface area contributed by atoms with Crippen LogP contribution in [0.5, 0.6) is 5.75 Å². The highest BCUT2D eigenvalue weighted by atomic mass is 16.5. The van der Waals surface area contributed by atoms with Crippen LogP contribution >= 0.6 is 0 Å². The molecule has 3 nitrogen and oxygen atoms in total. The van der Waals surface area contributed by atoms with E-state index in [0.29, 0.717) is 12.2 Å². The maximum Gasteiger partial charge on any atom is 0.339 e. The van der Waals surface area contributed by atoms with E-state index in [-0.39, 0.29) is 5.63 Å². The van der Waals surface area contributed by atoms with Crippen LogP contribution in [0.3, 0.4) is 0 Å². The molecule has 0 saturated heterocycles. The van der Waals surface area contributed by atoms with Gasteiger partial charge in [-0.2, -0.15) is 0 Å². The molecule has 140 valence electrons. The number of ether oxygens (including phenoxy) is 1. The van der Waals surface area contributed by atoms with Crippen molar-refractivity contribution in [1.29, 1.82) is 0 Å². The second-order valence-electron chi connectivity index (χ2n) is 7.75. The molecule has 1 aliphatic rings. The Morgan fingerprint density at radius 3 is 2.22 bits per heavy atom. The summed E-state index contributed by atoms with van der Waals surface area (Å²) in [6.07, 6.45) is 2.82. The molecule has 3 heteroatoms. The molecule has 2 aromatic carbocycles. The first-order valence-electron chi connectivity index (χ1n) is 9.65. The summed E-state index contributed by atoms with van der Waals surface area (Å²) in [6.45, 7) is 11.4. The molecule has 0 atom stereocenters. The minimum atomic E-state index is -0.191. The van der Waals surface area contributed by atoms with Crippen LogP contribution in [0, 0.1) is 34.6 Å². The molecule has 1 aliphatic carbocycles. The number of benzene rings is 2. The SMILES string of the molecule is Cc1c(C)c(C)c(COc2ccc3c4c(c(=O)oc3c2)CCC4)c(C)c1C. The van der Waals surface area contributed by atoms with Crippen molar-refractivity contribution in [3.8, 4) is 5.75 Å². The minimum absolute atomic E-state index is 0.191. The normalized spacial score (nSPS) is 13.2. The van der Waals surface area contributed by atoms with E-state index in [9.17, 15) is 4.79 Å². The molecule has 27 heavy (non-hydrogen) atoms. The molecule has 1 aromatic heterocycles. The van der Waals surface area contributed by atoms with Crippen molar-refractivity contribution < 1.29 is 9.15 Å². The van der Waals surface area contributed by atoms with Crippen molar-refractivity contribution >= 4 is 11.0 Å². The number of fused-ring (bicyclic) bond motifs is 3. The minimum Gasteiger partial charge on any atom is -0.489 e. The smallest absolute Gasteiger partial charge is 0.339 e. The fourth-order valence-electron chi connectivity index (χ4n) is 4.30.